The predicted molar refractivity (Wildman–Crippen MR) is 512 cm³/mol. The lowest BCUT2D eigenvalue weighted by atomic mass is 9.71. The largest absolute Gasteiger partial charge is 0.393 e. The normalized spacial score (nSPS) is 19.6. The van der Waals surface area contributed by atoms with E-state index in [1.165, 1.54) is 75.0 Å². The topological polar surface area (TPSA) is 74.6 Å². The summed E-state index contributed by atoms with van der Waals surface area (Å²) in [5.41, 5.74) is 19.5. The van der Waals surface area contributed by atoms with Crippen LogP contribution in [0.3, 0.4) is 0 Å². The van der Waals surface area contributed by atoms with Gasteiger partial charge in [-0.2, -0.15) is 9.90 Å². The highest BCUT2D eigenvalue weighted by molar-refractivity contribution is 8.77. The lowest BCUT2D eigenvalue weighted by Gasteiger charge is -2.35. The Balaban J connectivity index is -0.000000259. The van der Waals surface area contributed by atoms with Gasteiger partial charge in [0, 0.05) is 6.42 Å². The van der Waals surface area contributed by atoms with E-state index in [0.29, 0.717) is 29.6 Å². The van der Waals surface area contributed by atoms with Crippen LogP contribution in [0.5, 0.6) is 0 Å². The fourth-order valence-electron chi connectivity index (χ4n) is 11.7. The zero-order valence-electron chi connectivity index (χ0n) is 67.2. The Morgan fingerprint density at radius 3 is 1.21 bits per heavy atom. The second kappa shape index (κ2) is 64.4. The van der Waals surface area contributed by atoms with E-state index in [4.69, 9.17) is 0 Å². The second-order valence-corrected chi connectivity index (χ2v) is 58.3. The molecule has 4 rings (SSSR count). The van der Waals surface area contributed by atoms with Gasteiger partial charge in [-0.05, 0) is 242 Å². The molecule has 14 atom stereocenters. The van der Waals surface area contributed by atoms with Crippen LogP contribution in [0.4, 0.5) is 0 Å². The molecule has 0 bridgehead atoms. The molecule has 4 aliphatic rings. The van der Waals surface area contributed by atoms with Crippen molar-refractivity contribution < 1.29 is 19.8 Å². The average Bonchev–Trinajstić information content (AvgIpc) is 0.812. The second-order valence-electron chi connectivity index (χ2n) is 28.4. The first kappa shape index (κ1) is 111. The van der Waals surface area contributed by atoms with Crippen molar-refractivity contribution in [3.8, 4) is 0 Å². The number of rotatable bonds is 19. The summed E-state index contributed by atoms with van der Waals surface area (Å²) in [5.74, 6) is 0.173. The highest BCUT2D eigenvalue weighted by Crippen LogP contribution is 2.71. The van der Waals surface area contributed by atoms with Gasteiger partial charge in [0.15, 0.2) is 11.6 Å². The molecule has 19 heteroatoms. The zero-order valence-corrected chi connectivity index (χ0v) is 83.9. The molecule has 0 radical (unpaired) electrons. The standard InChI is InChI=1S/C16H24O2.C16H26O.C16H24O.2C16H26.H7P5.H6P4.H5P3.H4P2.H3P/c1-6-7-11(2)8-9-13-12(3)15(18)14(17)10-16(13,4)5;1-6-7-12(2)8-9-15-13(3)10-14(17)11-16(15,4)5;1-6-7-12(2)8-9-14-13(3)15(17)10-11-16(14,4)5;1-6-8-13(2)10-11-15-14(3)9-7-12-16(15,4)5;1-6-9-15(4)12-8-13-16(5)11-7-10-14(2)3;1-4-5(2)3;1-4(2)3;1-3-2;1-2;/h7-9,14,17H,6,10H2,1-5H3;7-9,14,17H,6,10-11H2,1-5H3;7-9H,6,10-11H2,1-5H3;8,10-11H,6-7,9,12H2,1-5H3;8-10,12-13H,6-7,11H2,1-5H3;4H,1-3H2;1-3H2;3H,1-2H2;1-2H2;1H3/b9-8+,11-7+;2*9-8+,12-7+;11-10+,13-8+;12-8+,15-9+,16-13+;;;;;. The number of hydrogen-bond donors (Lipinski definition) is 2. The maximum atomic E-state index is 11.8. The third-order valence-electron chi connectivity index (χ3n) is 16.7. The molecule has 0 aromatic rings. The molecule has 14 unspecified atom stereocenters. The number of aliphatic hydroxyl groups is 2. The van der Waals surface area contributed by atoms with Crippen LogP contribution >= 0.6 is 129 Å². The number of hydrogen-bond acceptors (Lipinski definition) is 4. The van der Waals surface area contributed by atoms with Crippen molar-refractivity contribution >= 4 is 141 Å². The van der Waals surface area contributed by atoms with Gasteiger partial charge in [0.2, 0.25) is 0 Å². The van der Waals surface area contributed by atoms with Crippen LogP contribution in [0.15, 0.2) is 187 Å². The first-order chi connectivity index (χ1) is 45.5. The van der Waals surface area contributed by atoms with Crippen LogP contribution in [0.2, 0.25) is 0 Å². The first-order valence-electron chi connectivity index (χ1n) is 35.1. The number of allylic oxidation sites excluding steroid dienone is 30. The maximum Gasteiger partial charge on any atom is 0.187 e. The SMILES string of the molecule is CC/C=C(C)/C=C/C1=C(C)C(=O)C(O)CC1(C)C.CC/C=C(C)/C=C/C1=C(C)C(=O)CCC1(C)C.CC/C=C(C)/C=C/C1=C(C)CC(O)CC1(C)C.CC/C=C(C)/C=C/C1=C(C)CCCC1(C)C.CC/C=C(C)/C=C/C=C(\C)CCC=C(C)C.P.PP.PP(P)P.PPP.PPP(P)P. The molecule has 4 aliphatic carbocycles. The van der Waals surface area contributed by atoms with Gasteiger partial charge in [-0.15, -0.1) is 89.3 Å². The number of ketones is 2. The predicted octanol–water partition coefficient (Wildman–Crippen LogP) is 29.8. The van der Waals surface area contributed by atoms with E-state index < -0.39 is 6.10 Å². The van der Waals surface area contributed by atoms with Crippen LogP contribution in [-0.4, -0.2) is 34.0 Å². The minimum atomic E-state index is -0.843. The first-order valence-corrected chi connectivity index (χ1v) is 56.8. The molecular formula is C80H151O4P15. The van der Waals surface area contributed by atoms with Crippen molar-refractivity contribution in [2.75, 3.05) is 0 Å². The molecule has 0 heterocycles. The van der Waals surface area contributed by atoms with E-state index in [1.807, 2.05) is 19.9 Å². The van der Waals surface area contributed by atoms with Gasteiger partial charge >= 0.3 is 0 Å². The molecule has 2 N–H and O–H groups in total. The molecule has 0 saturated carbocycles. The fraction of sp³-hybridized carbons (Fsp3) is 0.575. The Kier molecular flexibility index (Phi) is 72.5. The Labute approximate surface area is 645 Å². The Bertz CT molecular complexity index is 2830. The van der Waals surface area contributed by atoms with Crippen molar-refractivity contribution in [2.45, 2.75) is 282 Å². The summed E-state index contributed by atoms with van der Waals surface area (Å²) in [7, 11) is 27.9. The van der Waals surface area contributed by atoms with E-state index in [2.05, 4.69) is 346 Å². The van der Waals surface area contributed by atoms with Crippen molar-refractivity contribution in [3.05, 3.63) is 187 Å². The number of Topliss-reactive ketones (excluding diaryl/α,β-unsaturated/α-hetero) is 2. The molecule has 0 aromatic heterocycles. The number of carbonyl (C=O) groups is 2. The van der Waals surface area contributed by atoms with Crippen LogP contribution < -0.4 is 0 Å². The number of carbonyl (C=O) groups excluding carboxylic acids is 2. The molecule has 99 heavy (non-hydrogen) atoms. The third-order valence-corrected chi connectivity index (χ3v) is 28.6. The highest BCUT2D eigenvalue weighted by Gasteiger charge is 2.37. The summed E-state index contributed by atoms with van der Waals surface area (Å²) >= 11 is 0. The van der Waals surface area contributed by atoms with Crippen molar-refractivity contribution in [3.63, 3.8) is 0 Å². The van der Waals surface area contributed by atoms with Gasteiger partial charge in [-0.3, -0.25) is 9.59 Å². The quantitative estimate of drug-likeness (QED) is 0.0768. The Morgan fingerprint density at radius 1 is 0.515 bits per heavy atom. The summed E-state index contributed by atoms with van der Waals surface area (Å²) in [6.45, 7) is 54.2. The van der Waals surface area contributed by atoms with Crippen molar-refractivity contribution in [1.82, 2.24) is 0 Å². The van der Waals surface area contributed by atoms with Crippen LogP contribution in [0.1, 0.15) is 269 Å². The van der Waals surface area contributed by atoms with E-state index in [9.17, 15) is 19.8 Å². The average molecular weight is 1640 g/mol. The molecule has 0 fully saturated rings. The van der Waals surface area contributed by atoms with Crippen LogP contribution in [0.25, 0.3) is 0 Å². The van der Waals surface area contributed by atoms with Crippen molar-refractivity contribution in [1.29, 1.82) is 0 Å². The number of aliphatic hydroxyl groups excluding tert-OH is 2. The van der Waals surface area contributed by atoms with Gasteiger partial charge in [-0.1, -0.05) is 259 Å². The van der Waals surface area contributed by atoms with Gasteiger partial charge in [0.1, 0.15) is 6.10 Å². The van der Waals surface area contributed by atoms with Gasteiger partial charge in [0.05, 0.1) is 6.10 Å². The Hall–Kier alpha value is 1.55. The van der Waals surface area contributed by atoms with Crippen LogP contribution in [0, 0.1) is 21.7 Å². The van der Waals surface area contributed by atoms with Crippen molar-refractivity contribution in [2.24, 2.45) is 21.7 Å². The van der Waals surface area contributed by atoms with E-state index in [-0.39, 0.29) is 52.0 Å². The highest BCUT2D eigenvalue weighted by atomic mass is 32.8. The summed E-state index contributed by atoms with van der Waals surface area (Å²) in [6, 6.07) is 0. The minimum Gasteiger partial charge on any atom is -0.393 e. The molecule has 0 aromatic carbocycles. The fourth-order valence-corrected chi connectivity index (χ4v) is 11.7. The zero-order chi connectivity index (χ0) is 77.2. The van der Waals surface area contributed by atoms with E-state index >= 15 is 0 Å². The van der Waals surface area contributed by atoms with E-state index in [0.717, 1.165) is 91.3 Å². The lowest BCUT2D eigenvalue weighted by molar-refractivity contribution is -0.125. The lowest BCUT2D eigenvalue weighted by Crippen LogP contribution is -2.35. The summed E-state index contributed by atoms with van der Waals surface area (Å²) < 4.78 is 0. The molecule has 570 valence electrons. The van der Waals surface area contributed by atoms with Gasteiger partial charge in [-0.25, -0.2) is 0 Å². The molecule has 0 saturated heterocycles. The van der Waals surface area contributed by atoms with E-state index in [1.54, 1.807) is 11.1 Å². The van der Waals surface area contributed by atoms with Gasteiger partial charge in [0.25, 0.3) is 0 Å². The summed E-state index contributed by atoms with van der Waals surface area (Å²) in [5, 5.41) is 19.6. The molecule has 0 spiro atoms. The molecule has 0 aliphatic heterocycles. The summed E-state index contributed by atoms with van der Waals surface area (Å²) in [6.07, 6.45) is 51.8. The van der Waals surface area contributed by atoms with Gasteiger partial charge < -0.3 is 10.2 Å². The molecular weight excluding hydrogens is 1490 g/mol. The monoisotopic (exact) mass is 1640 g/mol. The Morgan fingerprint density at radius 2 is 0.859 bits per heavy atom. The smallest absolute Gasteiger partial charge is 0.187 e. The molecule has 4 nitrogen and oxygen atoms in total. The minimum absolute atomic E-state index is 0. The third kappa shape index (κ3) is 56.4. The van der Waals surface area contributed by atoms with Crippen LogP contribution in [-0.2, 0) is 9.59 Å². The summed E-state index contributed by atoms with van der Waals surface area (Å²) in [4.78, 5) is 23.6. The molecule has 0 amide bonds. The maximum absolute atomic E-state index is 11.8.